The highest BCUT2D eigenvalue weighted by molar-refractivity contribution is 5.83. The molecule has 1 aliphatic rings. The molecule has 1 aliphatic carbocycles. The van der Waals surface area contributed by atoms with Crippen LogP contribution in [0.25, 0.3) is 0 Å². The normalized spacial score (nSPS) is 15.9. The van der Waals surface area contributed by atoms with Gasteiger partial charge >= 0.3 is 5.97 Å². The van der Waals surface area contributed by atoms with E-state index in [4.69, 9.17) is 0 Å². The SMILES string of the molecule is CC(C)(C(=O)O)c1ccccc1NC1CC1. The molecule has 1 aromatic carbocycles. The van der Waals surface area contributed by atoms with Crippen LogP contribution in [0.15, 0.2) is 24.3 Å². The number of benzene rings is 1. The third-order valence-corrected chi connectivity index (χ3v) is 3.07. The van der Waals surface area contributed by atoms with Gasteiger partial charge in [-0.3, -0.25) is 4.79 Å². The quantitative estimate of drug-likeness (QED) is 0.818. The van der Waals surface area contributed by atoms with E-state index >= 15 is 0 Å². The maximum atomic E-state index is 11.2. The molecule has 1 fully saturated rings. The first-order valence-corrected chi connectivity index (χ1v) is 5.61. The van der Waals surface area contributed by atoms with Gasteiger partial charge in [0.15, 0.2) is 0 Å². The molecule has 0 atom stereocenters. The zero-order valence-electron chi connectivity index (χ0n) is 9.66. The van der Waals surface area contributed by atoms with Gasteiger partial charge in [0.25, 0.3) is 0 Å². The van der Waals surface area contributed by atoms with Crippen molar-refractivity contribution in [2.75, 3.05) is 5.32 Å². The second-order valence-corrected chi connectivity index (χ2v) is 4.89. The Morgan fingerprint density at radius 3 is 2.56 bits per heavy atom. The van der Waals surface area contributed by atoms with Gasteiger partial charge < -0.3 is 10.4 Å². The topological polar surface area (TPSA) is 49.3 Å². The molecule has 0 bridgehead atoms. The number of hydrogen-bond acceptors (Lipinski definition) is 2. The van der Waals surface area contributed by atoms with E-state index in [1.165, 1.54) is 12.8 Å². The monoisotopic (exact) mass is 219 g/mol. The minimum Gasteiger partial charge on any atom is -0.481 e. The van der Waals surface area contributed by atoms with Gasteiger partial charge in [-0.05, 0) is 38.3 Å². The number of aliphatic carboxylic acids is 1. The van der Waals surface area contributed by atoms with Gasteiger partial charge in [0.2, 0.25) is 0 Å². The second kappa shape index (κ2) is 3.81. The van der Waals surface area contributed by atoms with E-state index < -0.39 is 11.4 Å². The Morgan fingerprint density at radius 1 is 1.38 bits per heavy atom. The maximum absolute atomic E-state index is 11.2. The van der Waals surface area contributed by atoms with Crippen LogP contribution in [0.5, 0.6) is 0 Å². The summed E-state index contributed by atoms with van der Waals surface area (Å²) in [6.45, 7) is 3.48. The summed E-state index contributed by atoms with van der Waals surface area (Å²) in [6.07, 6.45) is 2.36. The van der Waals surface area contributed by atoms with Crippen molar-refractivity contribution in [2.24, 2.45) is 0 Å². The van der Waals surface area contributed by atoms with Crippen LogP contribution in [0.1, 0.15) is 32.3 Å². The molecule has 0 saturated heterocycles. The fraction of sp³-hybridized carbons (Fsp3) is 0.462. The predicted molar refractivity (Wildman–Crippen MR) is 63.7 cm³/mol. The van der Waals surface area contributed by atoms with Gasteiger partial charge in [-0.2, -0.15) is 0 Å². The minimum atomic E-state index is -0.849. The fourth-order valence-corrected chi connectivity index (χ4v) is 1.72. The van der Waals surface area contributed by atoms with E-state index in [0.29, 0.717) is 6.04 Å². The van der Waals surface area contributed by atoms with Crippen molar-refractivity contribution < 1.29 is 9.90 Å². The highest BCUT2D eigenvalue weighted by Crippen LogP contribution is 2.33. The minimum absolute atomic E-state index is 0.533. The zero-order chi connectivity index (χ0) is 11.8. The van der Waals surface area contributed by atoms with Crippen LogP contribution in [-0.2, 0) is 10.2 Å². The smallest absolute Gasteiger partial charge is 0.313 e. The number of anilines is 1. The van der Waals surface area contributed by atoms with Crippen molar-refractivity contribution in [2.45, 2.75) is 38.1 Å². The molecule has 3 nitrogen and oxygen atoms in total. The number of rotatable bonds is 4. The summed E-state index contributed by atoms with van der Waals surface area (Å²) in [5.74, 6) is -0.794. The third-order valence-electron chi connectivity index (χ3n) is 3.07. The average Bonchev–Trinajstić information content (AvgIpc) is 3.02. The largest absolute Gasteiger partial charge is 0.481 e. The lowest BCUT2D eigenvalue weighted by Gasteiger charge is -2.23. The number of carbonyl (C=O) groups is 1. The molecule has 1 aromatic rings. The molecule has 1 saturated carbocycles. The van der Waals surface area contributed by atoms with Crippen LogP contribution < -0.4 is 5.32 Å². The number of hydrogen-bond donors (Lipinski definition) is 2. The van der Waals surface area contributed by atoms with Crippen molar-refractivity contribution in [3.8, 4) is 0 Å². The lowest BCUT2D eigenvalue weighted by molar-refractivity contribution is -0.142. The van der Waals surface area contributed by atoms with Gasteiger partial charge in [0.05, 0.1) is 5.41 Å². The predicted octanol–water partition coefficient (Wildman–Crippen LogP) is 2.62. The van der Waals surface area contributed by atoms with Crippen LogP contribution in [0, 0.1) is 0 Å². The average molecular weight is 219 g/mol. The summed E-state index contributed by atoms with van der Waals surface area (Å²) < 4.78 is 0. The Balaban J connectivity index is 2.34. The van der Waals surface area contributed by atoms with Gasteiger partial charge in [0, 0.05) is 11.7 Å². The van der Waals surface area contributed by atoms with E-state index in [0.717, 1.165) is 11.3 Å². The van der Waals surface area contributed by atoms with E-state index in [1.807, 2.05) is 24.3 Å². The Bertz CT molecular complexity index is 408. The number of nitrogens with one attached hydrogen (secondary N) is 1. The van der Waals surface area contributed by atoms with Crippen molar-refractivity contribution in [3.63, 3.8) is 0 Å². The summed E-state index contributed by atoms with van der Waals surface area (Å²) in [4.78, 5) is 11.2. The lowest BCUT2D eigenvalue weighted by atomic mass is 9.83. The van der Waals surface area contributed by atoms with Crippen LogP contribution >= 0.6 is 0 Å². The van der Waals surface area contributed by atoms with E-state index in [9.17, 15) is 9.90 Å². The van der Waals surface area contributed by atoms with Crippen LogP contribution in [0.2, 0.25) is 0 Å². The maximum Gasteiger partial charge on any atom is 0.313 e. The molecule has 3 heteroatoms. The lowest BCUT2D eigenvalue weighted by Crippen LogP contribution is -2.29. The van der Waals surface area contributed by atoms with Crippen molar-refractivity contribution in [1.29, 1.82) is 0 Å². The molecule has 0 unspecified atom stereocenters. The summed E-state index contributed by atoms with van der Waals surface area (Å²) >= 11 is 0. The molecule has 0 radical (unpaired) electrons. The number of carboxylic acid groups (broad SMARTS) is 1. The molecule has 86 valence electrons. The molecule has 0 aromatic heterocycles. The van der Waals surface area contributed by atoms with Gasteiger partial charge in [-0.25, -0.2) is 0 Å². The molecule has 2 rings (SSSR count). The standard InChI is InChI=1S/C13H17NO2/c1-13(2,12(15)16)10-5-3-4-6-11(10)14-9-7-8-9/h3-6,9,14H,7-8H2,1-2H3,(H,15,16). The fourth-order valence-electron chi connectivity index (χ4n) is 1.72. The first-order valence-electron chi connectivity index (χ1n) is 5.61. The van der Waals surface area contributed by atoms with Gasteiger partial charge in [-0.1, -0.05) is 18.2 Å². The summed E-state index contributed by atoms with van der Waals surface area (Å²) in [5, 5.41) is 12.6. The van der Waals surface area contributed by atoms with Crippen LogP contribution in [-0.4, -0.2) is 17.1 Å². The highest BCUT2D eigenvalue weighted by Gasteiger charge is 2.32. The second-order valence-electron chi connectivity index (χ2n) is 4.89. The van der Waals surface area contributed by atoms with E-state index in [2.05, 4.69) is 5.32 Å². The van der Waals surface area contributed by atoms with E-state index in [1.54, 1.807) is 13.8 Å². The third kappa shape index (κ3) is 2.03. The molecular formula is C13H17NO2. The van der Waals surface area contributed by atoms with E-state index in [-0.39, 0.29) is 0 Å². The summed E-state index contributed by atoms with van der Waals surface area (Å²) in [5.41, 5.74) is 0.963. The first-order chi connectivity index (χ1) is 7.51. The molecule has 0 amide bonds. The Labute approximate surface area is 95.5 Å². The Hall–Kier alpha value is -1.51. The molecule has 0 spiro atoms. The number of carboxylic acids is 1. The highest BCUT2D eigenvalue weighted by atomic mass is 16.4. The summed E-state index contributed by atoms with van der Waals surface area (Å²) in [6, 6.07) is 8.20. The van der Waals surface area contributed by atoms with Crippen molar-refractivity contribution in [3.05, 3.63) is 29.8 Å². The number of para-hydroxylation sites is 1. The molecular weight excluding hydrogens is 202 g/mol. The molecule has 0 aliphatic heterocycles. The van der Waals surface area contributed by atoms with Gasteiger partial charge in [-0.15, -0.1) is 0 Å². The first kappa shape index (κ1) is 11.0. The van der Waals surface area contributed by atoms with Crippen LogP contribution in [0.4, 0.5) is 5.69 Å². The summed E-state index contributed by atoms with van der Waals surface area (Å²) in [7, 11) is 0. The van der Waals surface area contributed by atoms with Gasteiger partial charge in [0.1, 0.15) is 0 Å². The Kier molecular flexibility index (Phi) is 2.62. The molecule has 0 heterocycles. The molecule has 16 heavy (non-hydrogen) atoms. The van der Waals surface area contributed by atoms with Crippen LogP contribution in [0.3, 0.4) is 0 Å². The van der Waals surface area contributed by atoms with Crippen molar-refractivity contribution >= 4 is 11.7 Å². The zero-order valence-corrected chi connectivity index (χ0v) is 9.66. The van der Waals surface area contributed by atoms with Crippen molar-refractivity contribution in [1.82, 2.24) is 0 Å². The molecule has 2 N–H and O–H groups in total. The Morgan fingerprint density at radius 2 is 2.00 bits per heavy atom.